The quantitative estimate of drug-likeness (QED) is 0.497. The largest absolute Gasteiger partial charge is 0.368 e. The number of hydrogen-bond acceptors (Lipinski definition) is 8. The van der Waals surface area contributed by atoms with E-state index in [9.17, 15) is 0 Å². The van der Waals surface area contributed by atoms with Crippen LogP contribution in [0.1, 0.15) is 37.7 Å². The summed E-state index contributed by atoms with van der Waals surface area (Å²) in [5, 5.41) is 4.33. The zero-order chi connectivity index (χ0) is 24.7. The Morgan fingerprint density at radius 1 is 0.972 bits per heavy atom. The summed E-state index contributed by atoms with van der Waals surface area (Å²) >= 11 is 6.81. The number of nitrogens with one attached hydrogen (secondary N) is 1. The Bertz CT molecular complexity index is 1280. The lowest BCUT2D eigenvalue weighted by Crippen LogP contribution is -2.53. The van der Waals surface area contributed by atoms with Gasteiger partial charge in [-0.25, -0.2) is 15.0 Å². The van der Waals surface area contributed by atoms with Crippen LogP contribution < -0.4 is 26.8 Å². The van der Waals surface area contributed by atoms with E-state index in [-0.39, 0.29) is 5.96 Å². The Hall–Kier alpha value is -2.91. The lowest BCUT2D eigenvalue weighted by Gasteiger charge is -2.41. The predicted octanol–water partition coefficient (Wildman–Crippen LogP) is 3.75. The number of pyridine rings is 1. The van der Waals surface area contributed by atoms with Crippen molar-refractivity contribution >= 4 is 39.8 Å². The lowest BCUT2D eigenvalue weighted by molar-refractivity contribution is 0.148. The molecule has 1 atom stereocenters. The highest BCUT2D eigenvalue weighted by Gasteiger charge is 2.38. The van der Waals surface area contributed by atoms with Crippen molar-refractivity contribution in [1.82, 2.24) is 15.3 Å². The molecule has 1 aliphatic carbocycles. The van der Waals surface area contributed by atoms with Crippen molar-refractivity contribution in [2.45, 2.75) is 43.9 Å². The van der Waals surface area contributed by atoms with Crippen LogP contribution in [0.3, 0.4) is 0 Å². The van der Waals surface area contributed by atoms with Gasteiger partial charge < -0.3 is 10.6 Å². The molecule has 0 bridgehead atoms. The van der Waals surface area contributed by atoms with E-state index >= 15 is 0 Å². The molecule has 3 aliphatic rings. The topological polar surface area (TPSA) is 99.0 Å². The van der Waals surface area contributed by atoms with Gasteiger partial charge in [0.15, 0.2) is 5.82 Å². The Morgan fingerprint density at radius 3 is 2.53 bits per heavy atom. The molecule has 3 aromatic rings. The molecule has 1 saturated heterocycles. The molecule has 36 heavy (non-hydrogen) atoms. The number of benzene rings is 2. The summed E-state index contributed by atoms with van der Waals surface area (Å²) in [5.41, 5.74) is 18.1. The molecule has 2 aromatic carbocycles. The number of anilines is 2. The van der Waals surface area contributed by atoms with Gasteiger partial charge in [0, 0.05) is 49.4 Å². The minimum atomic E-state index is -1.25. The number of piperazine rings is 1. The Kier molecular flexibility index (Phi) is 6.21. The molecule has 9 heteroatoms. The molecule has 5 N–H and O–H groups in total. The van der Waals surface area contributed by atoms with Crippen LogP contribution in [0.5, 0.6) is 0 Å². The first-order valence-electron chi connectivity index (χ1n) is 12.9. The molecule has 0 radical (unpaired) electrons. The maximum atomic E-state index is 6.81. The number of rotatable bonds is 4. The van der Waals surface area contributed by atoms with E-state index in [0.29, 0.717) is 10.8 Å². The minimum Gasteiger partial charge on any atom is -0.368 e. The van der Waals surface area contributed by atoms with Gasteiger partial charge >= 0.3 is 0 Å². The summed E-state index contributed by atoms with van der Waals surface area (Å²) in [6, 6.07) is 16.7. The van der Waals surface area contributed by atoms with Crippen molar-refractivity contribution in [3.8, 4) is 0 Å². The smallest absolute Gasteiger partial charge is 0.215 e. The Labute approximate surface area is 216 Å². The fraction of sp³-hybridized carbons (Fsp3) is 0.407. The van der Waals surface area contributed by atoms with Crippen LogP contribution in [0.15, 0.2) is 59.7 Å². The number of fused-ring (bicyclic) bond motifs is 1. The number of aliphatic imine (C=N–C) groups is 1. The van der Waals surface area contributed by atoms with Gasteiger partial charge in [-0.1, -0.05) is 61.2 Å². The van der Waals surface area contributed by atoms with Crippen molar-refractivity contribution in [2.75, 3.05) is 36.1 Å². The second-order valence-corrected chi connectivity index (χ2v) is 10.4. The van der Waals surface area contributed by atoms with Gasteiger partial charge in [0.05, 0.1) is 10.7 Å². The van der Waals surface area contributed by atoms with E-state index in [2.05, 4.69) is 31.3 Å². The second-order valence-electron chi connectivity index (χ2n) is 10.0. The molecule has 8 nitrogen and oxygen atoms in total. The van der Waals surface area contributed by atoms with Gasteiger partial charge in [0.25, 0.3) is 0 Å². The van der Waals surface area contributed by atoms with Crippen LogP contribution in [-0.4, -0.2) is 48.1 Å². The van der Waals surface area contributed by atoms with Crippen molar-refractivity contribution in [2.24, 2.45) is 16.5 Å². The van der Waals surface area contributed by atoms with Crippen LogP contribution in [0.25, 0.3) is 10.8 Å². The number of guanidine groups is 1. The molecule has 1 aromatic heterocycles. The summed E-state index contributed by atoms with van der Waals surface area (Å²) < 4.78 is 0. The summed E-state index contributed by atoms with van der Waals surface area (Å²) in [4.78, 5) is 14.2. The van der Waals surface area contributed by atoms with Gasteiger partial charge in [-0.05, 0) is 36.4 Å². The van der Waals surface area contributed by atoms with Gasteiger partial charge in [-0.15, -0.1) is 0 Å². The molecule has 2 fully saturated rings. The highest BCUT2D eigenvalue weighted by molar-refractivity contribution is 6.33. The average molecular weight is 505 g/mol. The molecule has 3 heterocycles. The third kappa shape index (κ3) is 4.28. The molecule has 1 unspecified atom stereocenters. The lowest BCUT2D eigenvalue weighted by atomic mass is 9.94. The van der Waals surface area contributed by atoms with E-state index in [0.717, 1.165) is 54.2 Å². The summed E-state index contributed by atoms with van der Waals surface area (Å²) in [6.45, 7) is 4.12. The first kappa shape index (κ1) is 23.5. The Balaban J connectivity index is 1.19. The van der Waals surface area contributed by atoms with E-state index in [1.165, 1.54) is 32.1 Å². The van der Waals surface area contributed by atoms with Crippen molar-refractivity contribution < 1.29 is 0 Å². The average Bonchev–Trinajstić information content (AvgIpc) is 3.24. The zero-order valence-corrected chi connectivity index (χ0v) is 21.2. The molecule has 1 saturated carbocycles. The first-order valence-corrected chi connectivity index (χ1v) is 13.2. The van der Waals surface area contributed by atoms with Crippen molar-refractivity contribution in [1.29, 1.82) is 0 Å². The molecular weight excluding hydrogens is 472 g/mol. The number of aromatic nitrogens is 1. The second kappa shape index (κ2) is 9.52. The zero-order valence-electron chi connectivity index (χ0n) is 20.4. The number of hydrogen-bond donors (Lipinski definition) is 3. The fourth-order valence-corrected chi connectivity index (χ4v) is 6.13. The fourth-order valence-electron chi connectivity index (χ4n) is 5.83. The van der Waals surface area contributed by atoms with Gasteiger partial charge in [0.2, 0.25) is 11.7 Å². The standard InChI is InChI=1S/C27H33ClN8/c28-23-18-20(10-11-24(23)35-16-14-34(15-17-35)21-7-2-1-3-8-21)27(30)32-26(29)36(33-27)25-22-9-5-4-6-19(22)12-13-31-25/h4-6,9-13,18,21,33H,1-3,7-8,14-17,30H2,(H2,29,32). The molecular formula is C27H33ClN8. The SMILES string of the molecule is NC1=NC(N)(c2ccc(N3CCN(C4CCCCC4)CC3)c(Cl)c2)NN1c1nccc2ccccc12. The van der Waals surface area contributed by atoms with Gasteiger partial charge in [-0.2, -0.15) is 5.43 Å². The van der Waals surface area contributed by atoms with E-state index in [1.807, 2.05) is 42.5 Å². The summed E-state index contributed by atoms with van der Waals surface area (Å²) in [7, 11) is 0. The van der Waals surface area contributed by atoms with Gasteiger partial charge in [-0.3, -0.25) is 10.6 Å². The number of halogens is 1. The third-order valence-corrected chi connectivity index (χ3v) is 8.10. The predicted molar refractivity (Wildman–Crippen MR) is 147 cm³/mol. The highest BCUT2D eigenvalue weighted by Crippen LogP contribution is 2.34. The van der Waals surface area contributed by atoms with Gasteiger partial charge in [0.1, 0.15) is 0 Å². The first-order chi connectivity index (χ1) is 17.5. The molecule has 0 amide bonds. The summed E-state index contributed by atoms with van der Waals surface area (Å²) in [6.07, 6.45) is 8.57. The van der Waals surface area contributed by atoms with E-state index in [4.69, 9.17) is 23.1 Å². The summed E-state index contributed by atoms with van der Waals surface area (Å²) in [5.74, 6) is -0.342. The molecule has 6 rings (SSSR count). The molecule has 188 valence electrons. The van der Waals surface area contributed by atoms with Crippen molar-refractivity contribution in [3.63, 3.8) is 0 Å². The number of hydrazine groups is 1. The number of nitrogens with zero attached hydrogens (tertiary/aromatic N) is 5. The van der Waals surface area contributed by atoms with E-state index < -0.39 is 5.79 Å². The van der Waals surface area contributed by atoms with Crippen LogP contribution in [-0.2, 0) is 5.79 Å². The highest BCUT2D eigenvalue weighted by atomic mass is 35.5. The van der Waals surface area contributed by atoms with Crippen LogP contribution in [0.2, 0.25) is 5.02 Å². The minimum absolute atomic E-state index is 0.250. The molecule has 2 aliphatic heterocycles. The maximum absolute atomic E-state index is 6.81. The number of nitrogens with two attached hydrogens (primary N) is 2. The monoisotopic (exact) mass is 504 g/mol. The van der Waals surface area contributed by atoms with Crippen molar-refractivity contribution in [3.05, 3.63) is 65.3 Å². The van der Waals surface area contributed by atoms with E-state index in [1.54, 1.807) is 11.2 Å². The van der Waals surface area contributed by atoms with Crippen LogP contribution in [0.4, 0.5) is 11.5 Å². The molecule has 0 spiro atoms. The normalized spacial score (nSPS) is 23.9. The van der Waals surface area contributed by atoms with Crippen LogP contribution >= 0.6 is 11.6 Å². The Morgan fingerprint density at radius 2 is 1.75 bits per heavy atom. The third-order valence-electron chi connectivity index (χ3n) is 7.80. The maximum Gasteiger partial charge on any atom is 0.215 e. The van der Waals surface area contributed by atoms with Crippen LogP contribution in [0, 0.1) is 0 Å².